The first kappa shape index (κ1) is 10.9. The molecule has 16 heavy (non-hydrogen) atoms. The maximum atomic E-state index is 11.7. The summed E-state index contributed by atoms with van der Waals surface area (Å²) in [6.07, 6.45) is 0. The molecule has 0 saturated carbocycles. The summed E-state index contributed by atoms with van der Waals surface area (Å²) in [4.78, 5) is 23.0. The Kier molecular flexibility index (Phi) is 2.58. The minimum absolute atomic E-state index is 0.0398. The number of anilines is 2. The van der Waals surface area contributed by atoms with Crippen molar-refractivity contribution in [3.8, 4) is 0 Å². The molecule has 0 radical (unpaired) electrons. The van der Waals surface area contributed by atoms with Crippen molar-refractivity contribution in [3.05, 3.63) is 34.0 Å². The van der Waals surface area contributed by atoms with Gasteiger partial charge in [0.25, 0.3) is 0 Å². The van der Waals surface area contributed by atoms with Crippen LogP contribution < -0.4 is 16.9 Å². The summed E-state index contributed by atoms with van der Waals surface area (Å²) in [5.41, 5.74) is 11.4. The Balaban J connectivity index is 3.04. The minimum atomic E-state index is -0.351. The predicted molar refractivity (Wildman–Crippen MR) is 69.7 cm³/mol. The SMILES string of the molecule is Nc1cc(=O)c2c(N)ccc(C(=O)I)c2o1. The fourth-order valence-electron chi connectivity index (χ4n) is 1.46. The lowest BCUT2D eigenvalue weighted by Gasteiger charge is -2.04. The highest BCUT2D eigenvalue weighted by Gasteiger charge is 2.14. The largest absolute Gasteiger partial charge is 0.440 e. The summed E-state index contributed by atoms with van der Waals surface area (Å²) in [5.74, 6) is -0.0398. The first-order valence-electron chi connectivity index (χ1n) is 4.32. The van der Waals surface area contributed by atoms with E-state index in [1.165, 1.54) is 12.1 Å². The number of rotatable bonds is 1. The third kappa shape index (κ3) is 1.64. The fraction of sp³-hybridized carbons (Fsp3) is 0. The summed E-state index contributed by atoms with van der Waals surface area (Å²) in [6.45, 7) is 0. The summed E-state index contributed by atoms with van der Waals surface area (Å²) < 4.78 is 4.95. The third-order valence-corrected chi connectivity index (χ3v) is 2.72. The molecule has 0 aliphatic rings. The topological polar surface area (TPSA) is 99.3 Å². The van der Waals surface area contributed by atoms with Crippen LogP contribution in [0.25, 0.3) is 11.0 Å². The van der Waals surface area contributed by atoms with Crippen LogP contribution in [0, 0.1) is 0 Å². The first-order valence-corrected chi connectivity index (χ1v) is 5.40. The van der Waals surface area contributed by atoms with Crippen LogP contribution in [0.3, 0.4) is 0 Å². The van der Waals surface area contributed by atoms with Gasteiger partial charge in [0, 0.05) is 34.3 Å². The number of carbonyl (C=O) groups is 1. The van der Waals surface area contributed by atoms with E-state index >= 15 is 0 Å². The van der Waals surface area contributed by atoms with Crippen molar-refractivity contribution in [1.29, 1.82) is 0 Å². The van der Waals surface area contributed by atoms with Gasteiger partial charge in [-0.25, -0.2) is 0 Å². The molecule has 0 atom stereocenters. The molecule has 6 heteroatoms. The van der Waals surface area contributed by atoms with E-state index in [1.54, 1.807) is 22.6 Å². The van der Waals surface area contributed by atoms with E-state index in [-0.39, 0.29) is 37.3 Å². The number of hydrogen-bond donors (Lipinski definition) is 2. The van der Waals surface area contributed by atoms with E-state index in [0.29, 0.717) is 0 Å². The van der Waals surface area contributed by atoms with Crippen molar-refractivity contribution >= 4 is 48.9 Å². The molecule has 2 rings (SSSR count). The Morgan fingerprint density at radius 2 is 2.00 bits per heavy atom. The molecule has 0 unspecified atom stereocenters. The average Bonchev–Trinajstić information content (AvgIpc) is 2.15. The summed E-state index contributed by atoms with van der Waals surface area (Å²) in [6, 6.07) is 4.15. The van der Waals surface area contributed by atoms with E-state index in [0.717, 1.165) is 6.07 Å². The van der Waals surface area contributed by atoms with Gasteiger partial charge in [0.15, 0.2) is 16.9 Å². The second-order valence-corrected chi connectivity index (χ2v) is 4.17. The van der Waals surface area contributed by atoms with Crippen molar-refractivity contribution in [3.63, 3.8) is 0 Å². The standard InChI is InChI=1S/C10H7IN2O3/c11-10(15)4-1-2-5(12)8-6(14)3-7(13)16-9(4)8/h1-3H,12-13H2. The van der Waals surface area contributed by atoms with Gasteiger partial charge >= 0.3 is 0 Å². The van der Waals surface area contributed by atoms with Gasteiger partial charge in [-0.1, -0.05) is 0 Å². The van der Waals surface area contributed by atoms with Crippen molar-refractivity contribution in [2.75, 3.05) is 11.5 Å². The Hall–Kier alpha value is -1.57. The Morgan fingerprint density at radius 1 is 1.31 bits per heavy atom. The van der Waals surface area contributed by atoms with Gasteiger partial charge in [0.2, 0.25) is 3.79 Å². The zero-order chi connectivity index (χ0) is 11.9. The average molecular weight is 330 g/mol. The van der Waals surface area contributed by atoms with Crippen LogP contribution in [0.2, 0.25) is 0 Å². The normalized spacial score (nSPS) is 10.6. The van der Waals surface area contributed by atoms with Gasteiger partial charge in [0.1, 0.15) is 0 Å². The number of halogens is 1. The molecular weight excluding hydrogens is 323 g/mol. The molecule has 1 aromatic carbocycles. The monoisotopic (exact) mass is 330 g/mol. The molecule has 0 bridgehead atoms. The molecule has 0 aliphatic heterocycles. The highest BCUT2D eigenvalue weighted by molar-refractivity contribution is 14.1. The Bertz CT molecular complexity index is 648. The lowest BCUT2D eigenvalue weighted by molar-refractivity contribution is 0.110. The quantitative estimate of drug-likeness (QED) is 0.469. The number of fused-ring (bicyclic) bond motifs is 1. The molecule has 1 aromatic heterocycles. The molecular formula is C10H7IN2O3. The lowest BCUT2D eigenvalue weighted by atomic mass is 10.1. The van der Waals surface area contributed by atoms with Crippen LogP contribution in [0.15, 0.2) is 27.4 Å². The maximum Gasteiger partial charge on any atom is 0.226 e. The van der Waals surface area contributed by atoms with Gasteiger partial charge in [-0.15, -0.1) is 0 Å². The van der Waals surface area contributed by atoms with Gasteiger partial charge in [-0.05, 0) is 12.1 Å². The van der Waals surface area contributed by atoms with E-state index < -0.39 is 0 Å². The highest BCUT2D eigenvalue weighted by atomic mass is 127. The molecule has 0 saturated heterocycles. The first-order chi connectivity index (χ1) is 7.50. The maximum absolute atomic E-state index is 11.7. The molecule has 4 N–H and O–H groups in total. The van der Waals surface area contributed by atoms with Crippen molar-refractivity contribution in [2.24, 2.45) is 0 Å². The van der Waals surface area contributed by atoms with Crippen LogP contribution in [0.1, 0.15) is 10.4 Å². The molecule has 0 fully saturated rings. The summed E-state index contributed by atoms with van der Waals surface area (Å²) >= 11 is 1.61. The van der Waals surface area contributed by atoms with Crippen LogP contribution >= 0.6 is 22.6 Å². The molecule has 2 aromatic rings. The van der Waals surface area contributed by atoms with Gasteiger partial charge in [-0.3, -0.25) is 9.59 Å². The highest BCUT2D eigenvalue weighted by Crippen LogP contribution is 2.25. The van der Waals surface area contributed by atoms with Gasteiger partial charge in [0.05, 0.1) is 10.9 Å². The Labute approximate surface area is 104 Å². The van der Waals surface area contributed by atoms with E-state index in [9.17, 15) is 9.59 Å². The zero-order valence-corrected chi connectivity index (χ0v) is 10.1. The second kappa shape index (κ2) is 3.78. The summed E-state index contributed by atoms with van der Waals surface area (Å²) in [5, 5.41) is 0.191. The van der Waals surface area contributed by atoms with Crippen LogP contribution in [-0.4, -0.2) is 3.79 Å². The number of nitrogens with two attached hydrogens (primary N) is 2. The third-order valence-electron chi connectivity index (χ3n) is 2.14. The van der Waals surface area contributed by atoms with Crippen LogP contribution in [0.5, 0.6) is 0 Å². The number of hydrogen-bond acceptors (Lipinski definition) is 5. The van der Waals surface area contributed by atoms with Gasteiger partial charge in [-0.2, -0.15) is 0 Å². The van der Waals surface area contributed by atoms with Crippen molar-refractivity contribution in [1.82, 2.24) is 0 Å². The van der Waals surface area contributed by atoms with Crippen LogP contribution in [-0.2, 0) is 0 Å². The van der Waals surface area contributed by atoms with Crippen molar-refractivity contribution in [2.45, 2.75) is 0 Å². The fourth-order valence-corrected chi connectivity index (χ4v) is 1.89. The lowest BCUT2D eigenvalue weighted by Crippen LogP contribution is -2.07. The molecule has 82 valence electrons. The van der Waals surface area contributed by atoms with E-state index in [1.807, 2.05) is 0 Å². The van der Waals surface area contributed by atoms with Gasteiger partial charge < -0.3 is 15.9 Å². The second-order valence-electron chi connectivity index (χ2n) is 3.19. The molecule has 0 spiro atoms. The smallest absolute Gasteiger partial charge is 0.226 e. The molecule has 5 nitrogen and oxygen atoms in total. The number of benzene rings is 1. The van der Waals surface area contributed by atoms with Crippen LogP contribution in [0.4, 0.5) is 11.6 Å². The van der Waals surface area contributed by atoms with Crippen molar-refractivity contribution < 1.29 is 9.21 Å². The predicted octanol–water partition coefficient (Wildman–Crippen LogP) is 1.53. The van der Waals surface area contributed by atoms with E-state index in [4.69, 9.17) is 15.9 Å². The summed E-state index contributed by atoms with van der Waals surface area (Å²) in [7, 11) is 0. The Morgan fingerprint density at radius 3 is 2.62 bits per heavy atom. The zero-order valence-electron chi connectivity index (χ0n) is 7.99. The number of nitrogen functional groups attached to an aromatic ring is 2. The molecule has 0 amide bonds. The number of carbonyl (C=O) groups excluding carboxylic acids is 1. The molecule has 1 heterocycles. The van der Waals surface area contributed by atoms with E-state index in [2.05, 4.69) is 0 Å². The minimum Gasteiger partial charge on any atom is -0.440 e. The molecule has 0 aliphatic carbocycles.